The smallest absolute Gasteiger partial charge is 0.222 e. The third kappa shape index (κ3) is 6.09. The van der Waals surface area contributed by atoms with Gasteiger partial charge in [0.15, 0.2) is 0 Å². The van der Waals surface area contributed by atoms with Gasteiger partial charge in [-0.1, -0.05) is 39.8 Å². The monoisotopic (exact) mass is 276 g/mol. The molecule has 1 aromatic rings. The Labute approximate surface area is 123 Å². The van der Waals surface area contributed by atoms with Gasteiger partial charge in [0.05, 0.1) is 0 Å². The molecule has 3 heteroatoms. The number of benzene rings is 1. The van der Waals surface area contributed by atoms with Crippen molar-refractivity contribution in [3.05, 3.63) is 29.8 Å². The molecule has 0 atom stereocenters. The minimum absolute atomic E-state index is 0.254. The molecule has 0 spiro atoms. The minimum Gasteiger partial charge on any atom is -0.399 e. The molecular formula is C17H28N2O. The number of hydrogen-bond donors (Lipinski definition) is 1. The van der Waals surface area contributed by atoms with Crippen LogP contribution in [0.15, 0.2) is 24.3 Å². The molecule has 1 amide bonds. The summed E-state index contributed by atoms with van der Waals surface area (Å²) in [4.78, 5) is 14.4. The molecule has 1 aromatic carbocycles. The van der Waals surface area contributed by atoms with E-state index in [0.29, 0.717) is 18.3 Å². The number of rotatable bonds is 7. The second kappa shape index (κ2) is 7.93. The van der Waals surface area contributed by atoms with Crippen LogP contribution in [0.2, 0.25) is 0 Å². The summed E-state index contributed by atoms with van der Waals surface area (Å²) in [5, 5.41) is 0. The van der Waals surface area contributed by atoms with Gasteiger partial charge in [0, 0.05) is 25.2 Å². The van der Waals surface area contributed by atoms with Crippen molar-refractivity contribution < 1.29 is 4.79 Å². The molecule has 0 aliphatic carbocycles. The molecule has 0 unspecified atom stereocenters. The maximum atomic E-state index is 12.4. The first-order valence-electron chi connectivity index (χ1n) is 7.50. The lowest BCUT2D eigenvalue weighted by Gasteiger charge is -2.26. The molecule has 0 aromatic heterocycles. The summed E-state index contributed by atoms with van der Waals surface area (Å²) >= 11 is 0. The molecule has 0 aliphatic heterocycles. The van der Waals surface area contributed by atoms with Crippen LogP contribution < -0.4 is 5.73 Å². The van der Waals surface area contributed by atoms with Gasteiger partial charge in [-0.15, -0.1) is 0 Å². The Kier molecular flexibility index (Phi) is 6.56. The third-order valence-electron chi connectivity index (χ3n) is 3.13. The van der Waals surface area contributed by atoms with E-state index >= 15 is 0 Å². The molecule has 0 bridgehead atoms. The van der Waals surface area contributed by atoms with Gasteiger partial charge in [-0.05, 0) is 36.0 Å². The van der Waals surface area contributed by atoms with Crippen LogP contribution in [0.1, 0.15) is 39.7 Å². The van der Waals surface area contributed by atoms with Crippen LogP contribution in [0.5, 0.6) is 0 Å². The summed E-state index contributed by atoms with van der Waals surface area (Å²) in [6.07, 6.45) is 1.36. The predicted octanol–water partition coefficient (Wildman–Crippen LogP) is 3.34. The van der Waals surface area contributed by atoms with Gasteiger partial charge in [0.2, 0.25) is 5.91 Å². The van der Waals surface area contributed by atoms with Crippen LogP contribution in [0.3, 0.4) is 0 Å². The predicted molar refractivity (Wildman–Crippen MR) is 85.4 cm³/mol. The molecule has 2 N–H and O–H groups in total. The first-order chi connectivity index (χ1) is 9.38. The Hall–Kier alpha value is -1.51. The number of amides is 1. The molecule has 1 rings (SSSR count). The Bertz CT molecular complexity index is 400. The number of carbonyl (C=O) groups is 1. The van der Waals surface area contributed by atoms with Crippen molar-refractivity contribution in [3.8, 4) is 0 Å². The molecule has 0 aliphatic rings. The molecule has 0 saturated carbocycles. The Morgan fingerprint density at radius 3 is 2.00 bits per heavy atom. The van der Waals surface area contributed by atoms with Gasteiger partial charge >= 0.3 is 0 Å². The summed E-state index contributed by atoms with van der Waals surface area (Å²) < 4.78 is 0. The normalized spacial score (nSPS) is 11.1. The van der Waals surface area contributed by atoms with E-state index in [1.807, 2.05) is 29.2 Å². The Balaban J connectivity index is 2.54. The second-order valence-corrected chi connectivity index (χ2v) is 6.33. The maximum Gasteiger partial charge on any atom is 0.222 e. The van der Waals surface area contributed by atoms with Crippen LogP contribution in [0.4, 0.5) is 5.69 Å². The minimum atomic E-state index is 0.254. The quantitative estimate of drug-likeness (QED) is 0.776. The van der Waals surface area contributed by atoms with Gasteiger partial charge < -0.3 is 10.6 Å². The first kappa shape index (κ1) is 16.5. The summed E-state index contributed by atoms with van der Waals surface area (Å²) in [5.41, 5.74) is 7.60. The highest BCUT2D eigenvalue weighted by Crippen LogP contribution is 2.11. The molecule has 112 valence electrons. The van der Waals surface area contributed by atoms with E-state index in [1.165, 1.54) is 5.56 Å². The van der Waals surface area contributed by atoms with Crippen molar-refractivity contribution in [2.24, 2.45) is 11.8 Å². The molecule has 0 fully saturated rings. The SMILES string of the molecule is CC(C)CN(CC(C)C)C(=O)CCc1ccc(N)cc1. The van der Waals surface area contributed by atoms with E-state index < -0.39 is 0 Å². The average Bonchev–Trinajstić information content (AvgIpc) is 2.36. The van der Waals surface area contributed by atoms with Gasteiger partial charge in [-0.3, -0.25) is 4.79 Å². The number of nitrogens with two attached hydrogens (primary N) is 1. The fraction of sp³-hybridized carbons (Fsp3) is 0.588. The molecule has 3 nitrogen and oxygen atoms in total. The molecule has 0 radical (unpaired) electrons. The van der Waals surface area contributed by atoms with Crippen molar-refractivity contribution in [2.75, 3.05) is 18.8 Å². The Morgan fingerprint density at radius 2 is 1.55 bits per heavy atom. The standard InChI is InChI=1S/C17H28N2O/c1-13(2)11-19(12-14(3)4)17(20)10-7-15-5-8-16(18)9-6-15/h5-6,8-9,13-14H,7,10-12,18H2,1-4H3. The van der Waals surface area contributed by atoms with Gasteiger partial charge in [-0.25, -0.2) is 0 Å². The topological polar surface area (TPSA) is 46.3 Å². The van der Waals surface area contributed by atoms with Crippen LogP contribution in [-0.2, 0) is 11.2 Å². The van der Waals surface area contributed by atoms with Crippen molar-refractivity contribution in [2.45, 2.75) is 40.5 Å². The van der Waals surface area contributed by atoms with Crippen molar-refractivity contribution in [1.29, 1.82) is 0 Å². The first-order valence-corrected chi connectivity index (χ1v) is 7.50. The fourth-order valence-electron chi connectivity index (χ4n) is 2.25. The van der Waals surface area contributed by atoms with E-state index in [-0.39, 0.29) is 5.91 Å². The number of aryl methyl sites for hydroxylation is 1. The van der Waals surface area contributed by atoms with E-state index in [0.717, 1.165) is 25.2 Å². The summed E-state index contributed by atoms with van der Waals surface area (Å²) in [6, 6.07) is 7.77. The van der Waals surface area contributed by atoms with Gasteiger partial charge in [0.1, 0.15) is 0 Å². The molecule has 20 heavy (non-hydrogen) atoms. The highest BCUT2D eigenvalue weighted by molar-refractivity contribution is 5.76. The lowest BCUT2D eigenvalue weighted by Crippen LogP contribution is -2.37. The summed E-state index contributed by atoms with van der Waals surface area (Å²) in [7, 11) is 0. The highest BCUT2D eigenvalue weighted by atomic mass is 16.2. The summed E-state index contributed by atoms with van der Waals surface area (Å²) in [6.45, 7) is 10.3. The number of nitrogens with zero attached hydrogens (tertiary/aromatic N) is 1. The number of nitrogen functional groups attached to an aromatic ring is 1. The largest absolute Gasteiger partial charge is 0.399 e. The van der Waals surface area contributed by atoms with Crippen molar-refractivity contribution in [3.63, 3.8) is 0 Å². The number of carbonyl (C=O) groups excluding carboxylic acids is 1. The van der Waals surface area contributed by atoms with Crippen molar-refractivity contribution >= 4 is 11.6 Å². The third-order valence-corrected chi connectivity index (χ3v) is 3.13. The van der Waals surface area contributed by atoms with Crippen LogP contribution in [-0.4, -0.2) is 23.9 Å². The maximum absolute atomic E-state index is 12.4. The van der Waals surface area contributed by atoms with E-state index in [4.69, 9.17) is 5.73 Å². The zero-order valence-electron chi connectivity index (χ0n) is 13.2. The zero-order valence-corrected chi connectivity index (χ0v) is 13.2. The number of hydrogen-bond acceptors (Lipinski definition) is 2. The lowest BCUT2D eigenvalue weighted by molar-refractivity contribution is -0.132. The number of anilines is 1. The van der Waals surface area contributed by atoms with Crippen molar-refractivity contribution in [1.82, 2.24) is 4.90 Å². The van der Waals surface area contributed by atoms with E-state index in [9.17, 15) is 4.79 Å². The molecule has 0 saturated heterocycles. The van der Waals surface area contributed by atoms with Crippen LogP contribution in [0.25, 0.3) is 0 Å². The fourth-order valence-corrected chi connectivity index (χ4v) is 2.25. The molecular weight excluding hydrogens is 248 g/mol. The lowest BCUT2D eigenvalue weighted by atomic mass is 10.1. The summed E-state index contributed by atoms with van der Waals surface area (Å²) in [5.74, 6) is 1.27. The van der Waals surface area contributed by atoms with E-state index in [1.54, 1.807) is 0 Å². The average molecular weight is 276 g/mol. The van der Waals surface area contributed by atoms with Gasteiger partial charge in [-0.2, -0.15) is 0 Å². The van der Waals surface area contributed by atoms with Crippen LogP contribution >= 0.6 is 0 Å². The second-order valence-electron chi connectivity index (χ2n) is 6.33. The molecule has 0 heterocycles. The zero-order chi connectivity index (χ0) is 15.1. The van der Waals surface area contributed by atoms with E-state index in [2.05, 4.69) is 27.7 Å². The highest BCUT2D eigenvalue weighted by Gasteiger charge is 2.15. The van der Waals surface area contributed by atoms with Crippen LogP contribution in [0, 0.1) is 11.8 Å². The van der Waals surface area contributed by atoms with Gasteiger partial charge in [0.25, 0.3) is 0 Å². The Morgan fingerprint density at radius 1 is 1.05 bits per heavy atom.